The van der Waals surface area contributed by atoms with Gasteiger partial charge in [-0.2, -0.15) is 0 Å². The third-order valence-electron chi connectivity index (χ3n) is 7.00. The number of hydrogen-bond acceptors (Lipinski definition) is 4. The molecule has 0 unspecified atom stereocenters. The van der Waals surface area contributed by atoms with Crippen LogP contribution >= 0.6 is 0 Å². The lowest BCUT2D eigenvalue weighted by atomic mass is 9.81. The fourth-order valence-corrected chi connectivity index (χ4v) is 5.33. The van der Waals surface area contributed by atoms with Gasteiger partial charge in [-0.15, -0.1) is 0 Å². The molecule has 0 bridgehead atoms. The smallest absolute Gasteiger partial charge is 0.321 e. The maximum absolute atomic E-state index is 12.6. The zero-order chi connectivity index (χ0) is 21.0. The van der Waals surface area contributed by atoms with E-state index in [4.69, 9.17) is 4.74 Å². The van der Waals surface area contributed by atoms with Gasteiger partial charge in [0.15, 0.2) is 0 Å². The summed E-state index contributed by atoms with van der Waals surface area (Å²) in [6, 6.07) is 10.3. The summed E-state index contributed by atoms with van der Waals surface area (Å²) in [6.07, 6.45) is 4.15. The van der Waals surface area contributed by atoms with Gasteiger partial charge in [0.1, 0.15) is 0 Å². The fraction of sp³-hybridized carbons (Fsp3) is 0.708. The summed E-state index contributed by atoms with van der Waals surface area (Å²) in [5.74, 6) is 0.743. The van der Waals surface area contributed by atoms with Crippen LogP contribution in [0.5, 0.6) is 0 Å². The lowest BCUT2D eigenvalue weighted by Gasteiger charge is -2.49. The lowest BCUT2D eigenvalue weighted by molar-refractivity contribution is -0.131. The van der Waals surface area contributed by atoms with Crippen molar-refractivity contribution in [1.82, 2.24) is 14.7 Å². The fourth-order valence-electron chi connectivity index (χ4n) is 5.33. The highest BCUT2D eigenvalue weighted by Gasteiger charge is 2.42. The maximum atomic E-state index is 12.6. The van der Waals surface area contributed by atoms with Gasteiger partial charge in [0.25, 0.3) is 0 Å². The standard InChI is InChI=1S/C24H38N4O2/c1-20(2)19-26-13-15-27(16-14-26)22-8-17-30-24(18-22)9-11-28(12-10-24)23(29)25-21-6-4-3-5-7-21/h3-7,20,22H,8-19H2,1-2H3,(H,25,29)/t22-/m1/s1. The van der Waals surface area contributed by atoms with Crippen molar-refractivity contribution < 1.29 is 9.53 Å². The Labute approximate surface area is 181 Å². The molecule has 1 atom stereocenters. The van der Waals surface area contributed by atoms with E-state index in [9.17, 15) is 4.79 Å². The number of benzene rings is 1. The molecule has 1 aromatic rings. The molecule has 3 fully saturated rings. The van der Waals surface area contributed by atoms with Crippen molar-refractivity contribution in [1.29, 1.82) is 0 Å². The quantitative estimate of drug-likeness (QED) is 0.819. The van der Waals surface area contributed by atoms with Gasteiger partial charge < -0.3 is 19.9 Å². The van der Waals surface area contributed by atoms with Crippen LogP contribution in [-0.2, 0) is 4.74 Å². The van der Waals surface area contributed by atoms with Crippen molar-refractivity contribution in [2.75, 3.05) is 57.7 Å². The third-order valence-corrected chi connectivity index (χ3v) is 7.00. The van der Waals surface area contributed by atoms with Gasteiger partial charge in [-0.1, -0.05) is 32.0 Å². The number of carbonyl (C=O) groups excluding carboxylic acids is 1. The van der Waals surface area contributed by atoms with E-state index in [1.807, 2.05) is 35.2 Å². The van der Waals surface area contributed by atoms with E-state index in [0.717, 1.165) is 57.0 Å². The summed E-state index contributed by atoms with van der Waals surface area (Å²) >= 11 is 0. The van der Waals surface area contributed by atoms with Crippen LogP contribution in [0.1, 0.15) is 39.5 Å². The number of ether oxygens (including phenoxy) is 1. The number of carbonyl (C=O) groups is 1. The van der Waals surface area contributed by atoms with Crippen LogP contribution in [0.25, 0.3) is 0 Å². The van der Waals surface area contributed by atoms with Crippen LogP contribution in [0.15, 0.2) is 30.3 Å². The number of amides is 2. The van der Waals surface area contributed by atoms with Crippen molar-refractivity contribution >= 4 is 11.7 Å². The number of para-hydroxylation sites is 1. The van der Waals surface area contributed by atoms with Gasteiger partial charge in [-0.25, -0.2) is 4.79 Å². The molecule has 3 saturated heterocycles. The Morgan fingerprint density at radius 2 is 1.80 bits per heavy atom. The van der Waals surface area contributed by atoms with Gasteiger partial charge in [0.2, 0.25) is 0 Å². The van der Waals surface area contributed by atoms with Crippen LogP contribution in [0, 0.1) is 5.92 Å². The third kappa shape index (κ3) is 5.34. The number of nitrogens with one attached hydrogen (secondary N) is 1. The first-order valence-electron chi connectivity index (χ1n) is 11.7. The summed E-state index contributed by atoms with van der Waals surface area (Å²) < 4.78 is 6.35. The zero-order valence-electron chi connectivity index (χ0n) is 18.7. The Hall–Kier alpha value is -1.63. The van der Waals surface area contributed by atoms with Crippen molar-refractivity contribution in [2.24, 2.45) is 5.92 Å². The average molecular weight is 415 g/mol. The van der Waals surface area contributed by atoms with E-state index in [-0.39, 0.29) is 11.6 Å². The lowest BCUT2D eigenvalue weighted by Crippen LogP contribution is -2.57. The molecule has 1 spiro atoms. The summed E-state index contributed by atoms with van der Waals surface area (Å²) in [6.45, 7) is 13.0. The Balaban J connectivity index is 1.26. The van der Waals surface area contributed by atoms with E-state index in [0.29, 0.717) is 6.04 Å². The first-order chi connectivity index (χ1) is 14.5. The minimum atomic E-state index is -0.0402. The van der Waals surface area contributed by atoms with Crippen molar-refractivity contribution in [3.63, 3.8) is 0 Å². The molecule has 0 aliphatic carbocycles. The van der Waals surface area contributed by atoms with E-state index in [1.54, 1.807) is 0 Å². The van der Waals surface area contributed by atoms with Crippen molar-refractivity contribution in [2.45, 2.75) is 51.2 Å². The highest BCUT2D eigenvalue weighted by molar-refractivity contribution is 5.89. The predicted molar refractivity (Wildman–Crippen MR) is 121 cm³/mol. The summed E-state index contributed by atoms with van der Waals surface area (Å²) in [4.78, 5) is 19.9. The van der Waals surface area contributed by atoms with Crippen LogP contribution < -0.4 is 5.32 Å². The molecular weight excluding hydrogens is 376 g/mol. The molecule has 6 nitrogen and oxygen atoms in total. The summed E-state index contributed by atoms with van der Waals surface area (Å²) in [7, 11) is 0. The van der Waals surface area contributed by atoms with Crippen molar-refractivity contribution in [3.8, 4) is 0 Å². The molecule has 0 saturated carbocycles. The first kappa shape index (κ1) is 21.6. The van der Waals surface area contributed by atoms with E-state index < -0.39 is 0 Å². The highest BCUT2D eigenvalue weighted by Crippen LogP contribution is 2.37. The van der Waals surface area contributed by atoms with Crippen LogP contribution in [0.2, 0.25) is 0 Å². The van der Waals surface area contributed by atoms with Crippen molar-refractivity contribution in [3.05, 3.63) is 30.3 Å². The molecule has 1 aromatic carbocycles. The average Bonchev–Trinajstić information content (AvgIpc) is 2.75. The summed E-state index contributed by atoms with van der Waals surface area (Å²) in [5, 5.41) is 3.01. The minimum absolute atomic E-state index is 0.00434. The maximum Gasteiger partial charge on any atom is 0.321 e. The van der Waals surface area contributed by atoms with Gasteiger partial charge >= 0.3 is 6.03 Å². The van der Waals surface area contributed by atoms with Crippen LogP contribution in [0.3, 0.4) is 0 Å². The predicted octanol–water partition coefficient (Wildman–Crippen LogP) is 3.51. The number of urea groups is 1. The highest BCUT2D eigenvalue weighted by atomic mass is 16.5. The molecule has 0 aromatic heterocycles. The van der Waals surface area contributed by atoms with Gasteiger partial charge in [0, 0.05) is 64.1 Å². The van der Waals surface area contributed by atoms with Gasteiger partial charge in [-0.05, 0) is 43.7 Å². The largest absolute Gasteiger partial charge is 0.375 e. The second-order valence-electron chi connectivity index (χ2n) is 9.69. The van der Waals surface area contributed by atoms with E-state index in [2.05, 4.69) is 29.0 Å². The topological polar surface area (TPSA) is 48.1 Å². The van der Waals surface area contributed by atoms with E-state index in [1.165, 1.54) is 32.7 Å². The molecule has 4 rings (SSSR count). The molecule has 3 aliphatic rings. The minimum Gasteiger partial charge on any atom is -0.375 e. The van der Waals surface area contributed by atoms with Crippen LogP contribution in [0.4, 0.5) is 10.5 Å². The Morgan fingerprint density at radius 3 is 2.47 bits per heavy atom. The number of piperidine rings is 1. The molecule has 3 heterocycles. The second-order valence-corrected chi connectivity index (χ2v) is 9.69. The molecule has 2 amide bonds. The number of anilines is 1. The van der Waals surface area contributed by atoms with Gasteiger partial charge in [0.05, 0.1) is 5.60 Å². The molecule has 166 valence electrons. The molecule has 30 heavy (non-hydrogen) atoms. The Kier molecular flexibility index (Phi) is 6.96. The number of hydrogen-bond donors (Lipinski definition) is 1. The molecule has 6 heteroatoms. The molecular formula is C24H38N4O2. The first-order valence-corrected chi connectivity index (χ1v) is 11.7. The second kappa shape index (κ2) is 9.67. The Bertz CT molecular complexity index is 680. The van der Waals surface area contributed by atoms with Crippen LogP contribution in [-0.4, -0.2) is 84.8 Å². The Morgan fingerprint density at radius 1 is 1.10 bits per heavy atom. The van der Waals surface area contributed by atoms with E-state index >= 15 is 0 Å². The number of likely N-dealkylation sites (tertiary alicyclic amines) is 1. The van der Waals surface area contributed by atoms with Gasteiger partial charge in [-0.3, -0.25) is 4.90 Å². The summed E-state index contributed by atoms with van der Waals surface area (Å²) in [5.41, 5.74) is 0.815. The zero-order valence-corrected chi connectivity index (χ0v) is 18.7. The molecule has 0 radical (unpaired) electrons. The number of nitrogens with zero attached hydrogens (tertiary/aromatic N) is 3. The normalized spacial score (nSPS) is 25.6. The number of rotatable bonds is 4. The molecule has 3 aliphatic heterocycles. The monoisotopic (exact) mass is 414 g/mol. The SMILES string of the molecule is CC(C)CN1CCN([C@@H]2CCOC3(CCN(C(=O)Nc4ccccc4)CC3)C2)CC1. The number of piperazine rings is 1. The molecule has 1 N–H and O–H groups in total.